The molecule has 0 saturated carbocycles. The Morgan fingerprint density at radius 1 is 1.43 bits per heavy atom. The number of urea groups is 1. The number of allylic oxidation sites excluding steroid dienone is 6. The van der Waals surface area contributed by atoms with Crippen LogP contribution in [0.1, 0.15) is 6.92 Å². The summed E-state index contributed by atoms with van der Waals surface area (Å²) in [5.74, 6) is 0. The Kier molecular flexibility index (Phi) is 6.81. The molecule has 0 aliphatic carbocycles. The van der Waals surface area contributed by atoms with E-state index in [1.54, 1.807) is 18.2 Å². The van der Waals surface area contributed by atoms with E-state index in [0.717, 1.165) is 5.57 Å². The van der Waals surface area contributed by atoms with Gasteiger partial charge in [-0.25, -0.2) is 10.3 Å². The smallest absolute Gasteiger partial charge is 0.313 e. The molecule has 2 amide bonds. The largest absolute Gasteiger partial charge is 0.342 e. The summed E-state index contributed by atoms with van der Waals surface area (Å²) < 4.78 is 0. The molecule has 0 aromatic carbocycles. The zero-order chi connectivity index (χ0) is 10.8. The molecule has 4 heteroatoms. The molecule has 0 fully saturated rings. The maximum atomic E-state index is 10.5. The van der Waals surface area contributed by atoms with E-state index in [1.807, 2.05) is 19.1 Å². The molecule has 0 bridgehead atoms. The lowest BCUT2D eigenvalue weighted by atomic mass is 10.2. The van der Waals surface area contributed by atoms with Gasteiger partial charge < -0.3 is 5.32 Å². The minimum absolute atomic E-state index is 0.681. The number of carbonyl (C=O) groups is 1. The summed E-state index contributed by atoms with van der Waals surface area (Å²) in [4.78, 5) is 10.5. The van der Waals surface area contributed by atoms with Crippen LogP contribution in [0.2, 0.25) is 0 Å². The number of amides is 2. The molecular formula is C10H14N2O2. The molecule has 4 nitrogen and oxygen atoms in total. The van der Waals surface area contributed by atoms with Gasteiger partial charge in [0.05, 0.1) is 0 Å². The van der Waals surface area contributed by atoms with Crippen LogP contribution >= 0.6 is 0 Å². The Hall–Kier alpha value is -1.81. The maximum absolute atomic E-state index is 10.5. The van der Waals surface area contributed by atoms with Gasteiger partial charge in [-0.05, 0) is 18.6 Å². The number of rotatable bonds is 4. The van der Waals surface area contributed by atoms with Crippen molar-refractivity contribution in [2.45, 2.75) is 6.92 Å². The van der Waals surface area contributed by atoms with Gasteiger partial charge in [-0.1, -0.05) is 30.9 Å². The number of hydrogen-bond donors (Lipinski definition) is 3. The first-order valence-electron chi connectivity index (χ1n) is 4.07. The van der Waals surface area contributed by atoms with Crippen LogP contribution in [-0.2, 0) is 0 Å². The van der Waals surface area contributed by atoms with Gasteiger partial charge in [-0.2, -0.15) is 0 Å². The van der Waals surface area contributed by atoms with E-state index in [4.69, 9.17) is 5.21 Å². The van der Waals surface area contributed by atoms with Gasteiger partial charge in [0.15, 0.2) is 0 Å². The minimum Gasteiger partial charge on any atom is -0.313 e. The van der Waals surface area contributed by atoms with Crippen LogP contribution < -0.4 is 10.8 Å². The van der Waals surface area contributed by atoms with Gasteiger partial charge in [0.2, 0.25) is 0 Å². The van der Waals surface area contributed by atoms with Crippen LogP contribution in [0.25, 0.3) is 0 Å². The topological polar surface area (TPSA) is 61.4 Å². The predicted octanol–water partition coefficient (Wildman–Crippen LogP) is 1.88. The van der Waals surface area contributed by atoms with E-state index >= 15 is 0 Å². The molecule has 0 atom stereocenters. The van der Waals surface area contributed by atoms with Crippen molar-refractivity contribution in [2.24, 2.45) is 0 Å². The summed E-state index contributed by atoms with van der Waals surface area (Å²) in [5, 5.41) is 10.5. The molecule has 0 spiro atoms. The SMILES string of the molecule is C=C/C=C(\C=C/C)/C=C/NC(=O)NO. The lowest BCUT2D eigenvalue weighted by Gasteiger charge is -1.95. The highest BCUT2D eigenvalue weighted by Crippen LogP contribution is 1.98. The Bertz CT molecular complexity index is 278. The van der Waals surface area contributed by atoms with E-state index in [2.05, 4.69) is 11.9 Å². The van der Waals surface area contributed by atoms with E-state index in [0.29, 0.717) is 0 Å². The fourth-order valence-electron chi connectivity index (χ4n) is 0.741. The minimum atomic E-state index is -0.681. The quantitative estimate of drug-likeness (QED) is 0.363. The molecule has 3 N–H and O–H groups in total. The van der Waals surface area contributed by atoms with Crippen molar-refractivity contribution in [1.82, 2.24) is 10.8 Å². The predicted molar refractivity (Wildman–Crippen MR) is 55.7 cm³/mol. The van der Waals surface area contributed by atoms with Crippen molar-refractivity contribution in [3.63, 3.8) is 0 Å². The third-order valence-corrected chi connectivity index (χ3v) is 1.26. The zero-order valence-electron chi connectivity index (χ0n) is 8.03. The summed E-state index contributed by atoms with van der Waals surface area (Å²) in [6.45, 7) is 5.45. The highest BCUT2D eigenvalue weighted by molar-refractivity contribution is 5.73. The number of carbonyl (C=O) groups excluding carboxylic acids is 1. The molecule has 0 unspecified atom stereocenters. The van der Waals surface area contributed by atoms with E-state index in [-0.39, 0.29) is 0 Å². The summed E-state index contributed by atoms with van der Waals surface area (Å²) in [6, 6.07) is -0.681. The Balaban J connectivity index is 4.23. The van der Waals surface area contributed by atoms with Crippen molar-refractivity contribution >= 4 is 6.03 Å². The van der Waals surface area contributed by atoms with Crippen molar-refractivity contribution < 1.29 is 10.0 Å². The fraction of sp³-hybridized carbons (Fsp3) is 0.100. The summed E-state index contributed by atoms with van der Waals surface area (Å²) in [5.41, 5.74) is 2.33. The summed E-state index contributed by atoms with van der Waals surface area (Å²) in [7, 11) is 0. The first-order valence-corrected chi connectivity index (χ1v) is 4.07. The maximum Gasteiger partial charge on any atom is 0.342 e. The van der Waals surface area contributed by atoms with Crippen molar-refractivity contribution in [2.75, 3.05) is 0 Å². The zero-order valence-corrected chi connectivity index (χ0v) is 8.03. The summed E-state index contributed by atoms with van der Waals surface area (Å²) >= 11 is 0. The van der Waals surface area contributed by atoms with E-state index < -0.39 is 6.03 Å². The molecule has 76 valence electrons. The highest BCUT2D eigenvalue weighted by Gasteiger charge is 1.89. The highest BCUT2D eigenvalue weighted by atomic mass is 16.5. The van der Waals surface area contributed by atoms with Gasteiger partial charge in [0, 0.05) is 6.20 Å². The number of hydroxylamine groups is 1. The molecule has 0 aromatic rings. The fourth-order valence-corrected chi connectivity index (χ4v) is 0.741. The Labute approximate surface area is 83.3 Å². The number of nitrogens with one attached hydrogen (secondary N) is 2. The first-order chi connectivity index (χ1) is 6.74. The van der Waals surface area contributed by atoms with Crippen molar-refractivity contribution in [1.29, 1.82) is 0 Å². The lowest BCUT2D eigenvalue weighted by Crippen LogP contribution is -2.28. The van der Waals surface area contributed by atoms with Crippen LogP contribution in [0.4, 0.5) is 4.79 Å². The Morgan fingerprint density at radius 2 is 2.14 bits per heavy atom. The molecule has 0 aromatic heterocycles. The third-order valence-electron chi connectivity index (χ3n) is 1.26. The van der Waals surface area contributed by atoms with Crippen LogP contribution in [-0.4, -0.2) is 11.2 Å². The van der Waals surface area contributed by atoms with Gasteiger partial charge in [0.25, 0.3) is 0 Å². The monoisotopic (exact) mass is 194 g/mol. The van der Waals surface area contributed by atoms with Crippen LogP contribution in [0, 0.1) is 0 Å². The van der Waals surface area contributed by atoms with Crippen molar-refractivity contribution in [3.05, 3.63) is 48.7 Å². The normalized spacial score (nSPS) is 12.0. The number of hydrogen-bond acceptors (Lipinski definition) is 2. The second kappa shape index (κ2) is 7.82. The van der Waals surface area contributed by atoms with E-state index in [1.165, 1.54) is 11.7 Å². The molecule has 14 heavy (non-hydrogen) atoms. The van der Waals surface area contributed by atoms with Crippen LogP contribution in [0.5, 0.6) is 0 Å². The van der Waals surface area contributed by atoms with Crippen LogP contribution in [0.15, 0.2) is 48.7 Å². The van der Waals surface area contributed by atoms with Gasteiger partial charge in [0.1, 0.15) is 0 Å². The standard InChI is InChI=1S/C10H14N2O2/c1-3-5-9(6-4-2)7-8-11-10(13)12-14/h3-8,14H,1H2,2H3,(H2,11,12,13)/b6-4-,8-7+,9-5+. The molecular weight excluding hydrogens is 180 g/mol. The molecule has 0 rings (SSSR count). The average Bonchev–Trinajstić information content (AvgIpc) is 2.18. The third kappa shape index (κ3) is 5.79. The first kappa shape index (κ1) is 12.2. The van der Waals surface area contributed by atoms with Gasteiger partial charge in [-0.3, -0.25) is 5.21 Å². The second-order valence-electron chi connectivity index (χ2n) is 2.32. The van der Waals surface area contributed by atoms with Gasteiger partial charge in [-0.15, -0.1) is 0 Å². The van der Waals surface area contributed by atoms with Gasteiger partial charge >= 0.3 is 6.03 Å². The molecule has 0 aliphatic heterocycles. The second-order valence-corrected chi connectivity index (χ2v) is 2.32. The lowest BCUT2D eigenvalue weighted by molar-refractivity contribution is 0.164. The van der Waals surface area contributed by atoms with Crippen LogP contribution in [0.3, 0.4) is 0 Å². The Morgan fingerprint density at radius 3 is 2.64 bits per heavy atom. The molecule has 0 radical (unpaired) electrons. The van der Waals surface area contributed by atoms with E-state index in [9.17, 15) is 4.79 Å². The average molecular weight is 194 g/mol. The molecule has 0 aliphatic rings. The van der Waals surface area contributed by atoms with Crippen molar-refractivity contribution in [3.8, 4) is 0 Å². The molecule has 0 saturated heterocycles. The molecule has 0 heterocycles. The summed E-state index contributed by atoms with van der Waals surface area (Å²) in [6.07, 6.45) is 10.3.